The van der Waals surface area contributed by atoms with Crippen LogP contribution < -0.4 is 5.14 Å². The maximum atomic E-state index is 11.5. The molecule has 0 atom stereocenters. The van der Waals surface area contributed by atoms with Crippen LogP contribution in [-0.2, 0) is 15.4 Å². The number of nitrogens with two attached hydrogens (primary N) is 1. The molecule has 90 valence electrons. The lowest BCUT2D eigenvalue weighted by Gasteiger charge is -2.23. The number of rotatable bonds is 1. The zero-order chi connectivity index (χ0) is 12.7. The van der Waals surface area contributed by atoms with Crippen LogP contribution in [0.1, 0.15) is 32.0 Å². The number of pyridine rings is 1. The van der Waals surface area contributed by atoms with Crippen molar-refractivity contribution in [2.24, 2.45) is 5.14 Å². The van der Waals surface area contributed by atoms with E-state index in [1.165, 1.54) is 0 Å². The quantitative estimate of drug-likeness (QED) is 0.787. The van der Waals surface area contributed by atoms with Gasteiger partial charge in [-0.25, -0.2) is 18.5 Å². The van der Waals surface area contributed by atoms with Gasteiger partial charge in [0.1, 0.15) is 10.0 Å². The van der Waals surface area contributed by atoms with Gasteiger partial charge in [0.2, 0.25) is 10.0 Å². The number of hydrogen-bond donors (Lipinski definition) is 1. The van der Waals surface area contributed by atoms with E-state index in [2.05, 4.69) is 4.98 Å². The first kappa shape index (κ1) is 13.4. The molecule has 0 amide bonds. The van der Waals surface area contributed by atoms with E-state index < -0.39 is 10.0 Å². The summed E-state index contributed by atoms with van der Waals surface area (Å²) in [6.07, 6.45) is 0. The van der Waals surface area contributed by atoms with E-state index in [9.17, 15) is 8.42 Å². The molecule has 0 aliphatic rings. The second-order valence-corrected chi connectivity index (χ2v) is 6.59. The van der Waals surface area contributed by atoms with Crippen LogP contribution in [0.5, 0.6) is 0 Å². The van der Waals surface area contributed by atoms with Crippen molar-refractivity contribution in [2.75, 3.05) is 0 Å². The van der Waals surface area contributed by atoms with Crippen LogP contribution in [0.15, 0.2) is 11.0 Å². The van der Waals surface area contributed by atoms with Crippen molar-refractivity contribution in [3.05, 3.63) is 22.5 Å². The van der Waals surface area contributed by atoms with Crippen LogP contribution in [-0.4, -0.2) is 13.4 Å². The molecular formula is C10H15ClN2O2S. The molecule has 1 aromatic rings. The maximum Gasteiger partial charge on any atom is 0.240 e. The first-order chi connectivity index (χ1) is 7.03. The van der Waals surface area contributed by atoms with Crippen molar-refractivity contribution >= 4 is 21.6 Å². The Kier molecular flexibility index (Phi) is 3.34. The molecule has 0 bridgehead atoms. The number of aryl methyl sites for hydroxylation is 1. The number of hydrogen-bond acceptors (Lipinski definition) is 3. The summed E-state index contributed by atoms with van der Waals surface area (Å²) in [5, 5.41) is 5.47. The van der Waals surface area contributed by atoms with Crippen molar-refractivity contribution in [2.45, 2.75) is 38.0 Å². The summed E-state index contributed by atoms with van der Waals surface area (Å²) in [6, 6.07) is 1.55. The lowest BCUT2D eigenvalue weighted by Crippen LogP contribution is -2.23. The van der Waals surface area contributed by atoms with Crippen molar-refractivity contribution < 1.29 is 8.42 Å². The topological polar surface area (TPSA) is 73.0 Å². The molecule has 4 nitrogen and oxygen atoms in total. The fraction of sp³-hybridized carbons (Fsp3) is 0.500. The Bertz CT molecular complexity index is 518. The second kappa shape index (κ2) is 3.98. The van der Waals surface area contributed by atoms with E-state index in [1.54, 1.807) is 13.0 Å². The Labute approximate surface area is 101 Å². The van der Waals surface area contributed by atoms with Crippen LogP contribution >= 0.6 is 11.6 Å². The number of primary sulfonamides is 1. The minimum atomic E-state index is -3.79. The van der Waals surface area contributed by atoms with E-state index >= 15 is 0 Å². The highest BCUT2D eigenvalue weighted by Gasteiger charge is 2.26. The highest BCUT2D eigenvalue weighted by Crippen LogP contribution is 2.31. The van der Waals surface area contributed by atoms with E-state index in [0.29, 0.717) is 11.3 Å². The molecule has 0 aromatic carbocycles. The second-order valence-electron chi connectivity index (χ2n) is 4.70. The van der Waals surface area contributed by atoms with Gasteiger partial charge >= 0.3 is 0 Å². The minimum Gasteiger partial charge on any atom is -0.240 e. The minimum absolute atomic E-state index is 0.0735. The zero-order valence-electron chi connectivity index (χ0n) is 9.70. The summed E-state index contributed by atoms with van der Waals surface area (Å²) in [4.78, 5) is 3.99. The number of halogens is 1. The predicted molar refractivity (Wildman–Crippen MR) is 64.1 cm³/mol. The molecule has 0 unspecified atom stereocenters. The Hall–Kier alpha value is -0.650. The molecule has 16 heavy (non-hydrogen) atoms. The summed E-state index contributed by atoms with van der Waals surface area (Å²) in [6.45, 7) is 7.27. The first-order valence-corrected chi connectivity index (χ1v) is 6.66. The van der Waals surface area contributed by atoms with Gasteiger partial charge in [0.25, 0.3) is 0 Å². The number of nitrogens with zero attached hydrogens (tertiary/aromatic N) is 1. The van der Waals surface area contributed by atoms with Crippen LogP contribution in [0.3, 0.4) is 0 Å². The van der Waals surface area contributed by atoms with E-state index in [1.807, 2.05) is 20.8 Å². The molecule has 0 fully saturated rings. The summed E-state index contributed by atoms with van der Waals surface area (Å²) >= 11 is 5.83. The van der Waals surface area contributed by atoms with Crippen LogP contribution in [0.2, 0.25) is 5.15 Å². The molecule has 2 N–H and O–H groups in total. The SMILES string of the molecule is Cc1nc(Cl)cc(C(C)(C)C)c1S(N)(=O)=O. The van der Waals surface area contributed by atoms with Gasteiger partial charge in [0.05, 0.1) is 5.69 Å². The molecule has 0 aliphatic heterocycles. The Morgan fingerprint density at radius 3 is 2.25 bits per heavy atom. The molecule has 0 radical (unpaired) electrons. The normalized spacial score (nSPS) is 12.9. The standard InChI is InChI=1S/C10H15ClN2O2S/c1-6-9(16(12,14)15)7(10(2,3)4)5-8(11)13-6/h5H,1-4H3,(H2,12,14,15). The highest BCUT2D eigenvalue weighted by atomic mass is 35.5. The van der Waals surface area contributed by atoms with Crippen LogP contribution in [0, 0.1) is 6.92 Å². The Balaban J connectivity index is 3.72. The van der Waals surface area contributed by atoms with Gasteiger partial charge in [-0.3, -0.25) is 0 Å². The van der Waals surface area contributed by atoms with Gasteiger partial charge < -0.3 is 0 Å². The van der Waals surface area contributed by atoms with Gasteiger partial charge in [0.15, 0.2) is 0 Å². The van der Waals surface area contributed by atoms with Crippen LogP contribution in [0.4, 0.5) is 0 Å². The van der Waals surface area contributed by atoms with Crippen LogP contribution in [0.25, 0.3) is 0 Å². The fourth-order valence-electron chi connectivity index (χ4n) is 1.54. The number of aromatic nitrogens is 1. The van der Waals surface area contributed by atoms with Crippen molar-refractivity contribution in [1.29, 1.82) is 0 Å². The van der Waals surface area contributed by atoms with Gasteiger partial charge in [-0.2, -0.15) is 0 Å². The highest BCUT2D eigenvalue weighted by molar-refractivity contribution is 7.89. The summed E-state index contributed by atoms with van der Waals surface area (Å²) in [5.74, 6) is 0. The summed E-state index contributed by atoms with van der Waals surface area (Å²) < 4.78 is 23.1. The van der Waals surface area contributed by atoms with Crippen molar-refractivity contribution in [1.82, 2.24) is 4.98 Å². The zero-order valence-corrected chi connectivity index (χ0v) is 11.3. The van der Waals surface area contributed by atoms with Crippen molar-refractivity contribution in [3.8, 4) is 0 Å². The summed E-state index contributed by atoms with van der Waals surface area (Å²) in [5.41, 5.74) is 0.562. The van der Waals surface area contributed by atoms with Gasteiger partial charge in [-0.1, -0.05) is 32.4 Å². The molecule has 1 heterocycles. The molecule has 6 heteroatoms. The van der Waals surface area contributed by atoms with E-state index in [4.69, 9.17) is 16.7 Å². The lowest BCUT2D eigenvalue weighted by molar-refractivity contribution is 0.558. The maximum absolute atomic E-state index is 11.5. The van der Waals surface area contributed by atoms with E-state index in [-0.39, 0.29) is 15.5 Å². The summed E-state index contributed by atoms with van der Waals surface area (Å²) in [7, 11) is -3.79. The molecular weight excluding hydrogens is 248 g/mol. The lowest BCUT2D eigenvalue weighted by atomic mass is 9.87. The van der Waals surface area contributed by atoms with Gasteiger partial charge in [0, 0.05) is 0 Å². The van der Waals surface area contributed by atoms with Gasteiger partial charge in [-0.05, 0) is 24.0 Å². The average Bonchev–Trinajstić information content (AvgIpc) is 1.97. The molecule has 0 spiro atoms. The predicted octanol–water partition coefficient (Wildman–Crippen LogP) is 1.99. The van der Waals surface area contributed by atoms with E-state index in [0.717, 1.165) is 0 Å². The molecule has 1 rings (SSSR count). The fourth-order valence-corrected chi connectivity index (χ4v) is 2.90. The Morgan fingerprint density at radius 1 is 1.38 bits per heavy atom. The molecule has 1 aromatic heterocycles. The Morgan fingerprint density at radius 2 is 1.88 bits per heavy atom. The third-order valence-electron chi connectivity index (χ3n) is 2.20. The molecule has 0 aliphatic carbocycles. The van der Waals surface area contributed by atoms with Gasteiger partial charge in [-0.15, -0.1) is 0 Å². The number of sulfonamides is 1. The molecule has 0 saturated carbocycles. The first-order valence-electron chi connectivity index (χ1n) is 4.74. The largest absolute Gasteiger partial charge is 0.240 e. The molecule has 0 saturated heterocycles. The van der Waals surface area contributed by atoms with Crippen molar-refractivity contribution in [3.63, 3.8) is 0 Å². The monoisotopic (exact) mass is 262 g/mol. The third kappa shape index (κ3) is 2.72. The third-order valence-corrected chi connectivity index (χ3v) is 3.48. The average molecular weight is 263 g/mol. The smallest absolute Gasteiger partial charge is 0.240 e.